The fraction of sp³-hybridized carbons (Fsp3) is 1.00. The Bertz CT molecular complexity index is 140. The van der Waals surface area contributed by atoms with Gasteiger partial charge in [0.2, 0.25) is 0 Å². The van der Waals surface area contributed by atoms with Crippen LogP contribution in [-0.2, 0) is 0 Å². The molecule has 2 N–H and O–H groups in total. The topological polar surface area (TPSA) is 43.7 Å². The molecule has 3 heteroatoms. The Hall–Kier alpha value is -0.120. The van der Waals surface area contributed by atoms with Crippen LogP contribution in [0.3, 0.4) is 0 Å². The van der Waals surface area contributed by atoms with Crippen molar-refractivity contribution in [2.24, 2.45) is 0 Å². The van der Waals surface area contributed by atoms with E-state index in [1.165, 1.54) is 0 Å². The first kappa shape index (κ1) is 9.96. The van der Waals surface area contributed by atoms with Gasteiger partial charge in [0.05, 0.1) is 12.2 Å². The summed E-state index contributed by atoms with van der Waals surface area (Å²) < 4.78 is 0. The van der Waals surface area contributed by atoms with Gasteiger partial charge in [-0.15, -0.1) is 0 Å². The molecular formula is C9H19NO2. The molecule has 0 amide bonds. The lowest BCUT2D eigenvalue weighted by Gasteiger charge is -2.39. The molecule has 3 unspecified atom stereocenters. The van der Waals surface area contributed by atoms with Crippen molar-refractivity contribution in [2.45, 2.75) is 44.4 Å². The number of likely N-dealkylation sites (N-methyl/N-ethyl adjacent to an activating group) is 1. The van der Waals surface area contributed by atoms with Crippen LogP contribution in [0.4, 0.5) is 0 Å². The number of aliphatic hydroxyl groups is 2. The molecule has 0 aromatic heterocycles. The first-order chi connectivity index (χ1) is 5.66. The van der Waals surface area contributed by atoms with Crippen molar-refractivity contribution < 1.29 is 10.2 Å². The maximum absolute atomic E-state index is 9.65. The van der Waals surface area contributed by atoms with Crippen LogP contribution in [0.15, 0.2) is 0 Å². The highest BCUT2D eigenvalue weighted by atomic mass is 16.3. The minimum absolute atomic E-state index is 0.152. The Balaban J connectivity index is 2.52. The van der Waals surface area contributed by atoms with Crippen LogP contribution in [0, 0.1) is 0 Å². The predicted octanol–water partition coefficient (Wildman–Crippen LogP) is 0.212. The molecule has 1 saturated heterocycles. The molecule has 3 atom stereocenters. The Morgan fingerprint density at radius 2 is 2.08 bits per heavy atom. The summed E-state index contributed by atoms with van der Waals surface area (Å²) in [5.41, 5.74) is 0. The average Bonchev–Trinajstić information content (AvgIpc) is 2.06. The highest BCUT2D eigenvalue weighted by Gasteiger charge is 2.32. The van der Waals surface area contributed by atoms with Gasteiger partial charge < -0.3 is 15.1 Å². The predicted molar refractivity (Wildman–Crippen MR) is 48.0 cm³/mol. The van der Waals surface area contributed by atoms with Gasteiger partial charge in [0.25, 0.3) is 0 Å². The number of likely N-dealkylation sites (tertiary alicyclic amines) is 1. The summed E-state index contributed by atoms with van der Waals surface area (Å²) in [6, 6.07) is 0.152. The Morgan fingerprint density at radius 3 is 2.67 bits per heavy atom. The largest absolute Gasteiger partial charge is 0.390 e. The molecular weight excluding hydrogens is 154 g/mol. The Morgan fingerprint density at radius 1 is 1.42 bits per heavy atom. The molecule has 3 nitrogen and oxygen atoms in total. The van der Waals surface area contributed by atoms with Gasteiger partial charge in [-0.25, -0.2) is 0 Å². The van der Waals surface area contributed by atoms with Crippen molar-refractivity contribution in [2.75, 3.05) is 13.6 Å². The van der Waals surface area contributed by atoms with Crippen LogP contribution in [0.2, 0.25) is 0 Å². The first-order valence-electron chi connectivity index (χ1n) is 4.73. The highest BCUT2D eigenvalue weighted by Crippen LogP contribution is 2.20. The third-order valence-corrected chi connectivity index (χ3v) is 2.72. The second-order valence-electron chi connectivity index (χ2n) is 3.68. The third-order valence-electron chi connectivity index (χ3n) is 2.72. The maximum atomic E-state index is 9.65. The Kier molecular flexibility index (Phi) is 3.50. The summed E-state index contributed by atoms with van der Waals surface area (Å²) >= 11 is 0. The number of hydrogen-bond acceptors (Lipinski definition) is 3. The van der Waals surface area contributed by atoms with E-state index in [1.54, 1.807) is 0 Å². The molecule has 0 aromatic rings. The quantitative estimate of drug-likeness (QED) is 0.627. The number of piperidine rings is 1. The summed E-state index contributed by atoms with van der Waals surface area (Å²) in [5.74, 6) is 0. The van der Waals surface area contributed by atoms with E-state index in [0.717, 1.165) is 19.4 Å². The van der Waals surface area contributed by atoms with E-state index in [4.69, 9.17) is 0 Å². The van der Waals surface area contributed by atoms with Crippen LogP contribution in [0.5, 0.6) is 0 Å². The molecule has 0 bridgehead atoms. The summed E-state index contributed by atoms with van der Waals surface area (Å²) in [6.07, 6.45) is 1.65. The lowest BCUT2D eigenvalue weighted by molar-refractivity contribution is -0.0707. The molecule has 0 spiro atoms. The Labute approximate surface area is 74.0 Å². The third kappa shape index (κ3) is 1.97. The van der Waals surface area contributed by atoms with Crippen molar-refractivity contribution in [1.82, 2.24) is 4.90 Å². The zero-order chi connectivity index (χ0) is 9.14. The van der Waals surface area contributed by atoms with E-state index in [-0.39, 0.29) is 6.04 Å². The monoisotopic (exact) mass is 173 g/mol. The van der Waals surface area contributed by atoms with Crippen molar-refractivity contribution in [3.05, 3.63) is 0 Å². The van der Waals surface area contributed by atoms with Crippen molar-refractivity contribution in [1.29, 1.82) is 0 Å². The standard InChI is InChI=1S/C9H19NO2/c1-3-4-7-9(12)8(11)5-6-10(7)2/h7-9,11-12H,3-6H2,1-2H3. The van der Waals surface area contributed by atoms with Crippen molar-refractivity contribution >= 4 is 0 Å². The van der Waals surface area contributed by atoms with Crippen LogP contribution in [0.25, 0.3) is 0 Å². The maximum Gasteiger partial charge on any atom is 0.0954 e. The first-order valence-corrected chi connectivity index (χ1v) is 4.73. The zero-order valence-corrected chi connectivity index (χ0v) is 7.90. The molecule has 0 aliphatic carbocycles. The molecule has 0 saturated carbocycles. The summed E-state index contributed by atoms with van der Waals surface area (Å²) in [4.78, 5) is 2.14. The van der Waals surface area contributed by atoms with Gasteiger partial charge in [0, 0.05) is 12.6 Å². The van der Waals surface area contributed by atoms with Gasteiger partial charge in [0.15, 0.2) is 0 Å². The molecule has 1 aliphatic rings. The van der Waals surface area contributed by atoms with Crippen molar-refractivity contribution in [3.63, 3.8) is 0 Å². The lowest BCUT2D eigenvalue weighted by atomic mass is 9.93. The van der Waals surface area contributed by atoms with E-state index in [9.17, 15) is 10.2 Å². The highest BCUT2D eigenvalue weighted by molar-refractivity contribution is 4.87. The number of rotatable bonds is 2. The number of aliphatic hydroxyl groups excluding tert-OH is 2. The molecule has 1 heterocycles. The second-order valence-corrected chi connectivity index (χ2v) is 3.68. The molecule has 1 rings (SSSR count). The van der Waals surface area contributed by atoms with Gasteiger partial charge in [-0.05, 0) is 19.9 Å². The summed E-state index contributed by atoms with van der Waals surface area (Å²) in [5, 5.41) is 19.1. The van der Waals surface area contributed by atoms with Crippen molar-refractivity contribution in [3.8, 4) is 0 Å². The lowest BCUT2D eigenvalue weighted by Crippen LogP contribution is -2.52. The van der Waals surface area contributed by atoms with Gasteiger partial charge in [-0.3, -0.25) is 0 Å². The molecule has 1 aliphatic heterocycles. The minimum Gasteiger partial charge on any atom is -0.390 e. The minimum atomic E-state index is -0.552. The van der Waals surface area contributed by atoms with Crippen LogP contribution in [-0.4, -0.2) is 47.0 Å². The van der Waals surface area contributed by atoms with E-state index in [2.05, 4.69) is 11.8 Å². The van der Waals surface area contributed by atoms with E-state index in [1.807, 2.05) is 7.05 Å². The van der Waals surface area contributed by atoms with Gasteiger partial charge in [-0.1, -0.05) is 13.3 Å². The molecule has 12 heavy (non-hydrogen) atoms. The van der Waals surface area contributed by atoms with Crippen LogP contribution >= 0.6 is 0 Å². The fourth-order valence-electron chi connectivity index (χ4n) is 1.88. The molecule has 72 valence electrons. The summed E-state index contributed by atoms with van der Waals surface area (Å²) in [7, 11) is 2.01. The summed E-state index contributed by atoms with van der Waals surface area (Å²) in [6.45, 7) is 2.99. The second kappa shape index (κ2) is 4.21. The average molecular weight is 173 g/mol. The van der Waals surface area contributed by atoms with E-state index in [0.29, 0.717) is 6.42 Å². The van der Waals surface area contributed by atoms with Crippen LogP contribution in [0.1, 0.15) is 26.2 Å². The van der Waals surface area contributed by atoms with Gasteiger partial charge in [-0.2, -0.15) is 0 Å². The molecule has 0 radical (unpaired) electrons. The molecule has 1 fully saturated rings. The zero-order valence-electron chi connectivity index (χ0n) is 7.90. The normalized spacial score (nSPS) is 38.5. The van der Waals surface area contributed by atoms with Gasteiger partial charge >= 0.3 is 0 Å². The smallest absolute Gasteiger partial charge is 0.0954 e. The van der Waals surface area contributed by atoms with E-state index < -0.39 is 12.2 Å². The fourth-order valence-corrected chi connectivity index (χ4v) is 1.88. The van der Waals surface area contributed by atoms with E-state index >= 15 is 0 Å². The number of hydrogen-bond donors (Lipinski definition) is 2. The SMILES string of the molecule is CCCC1C(O)C(O)CCN1C. The number of nitrogens with zero attached hydrogens (tertiary/aromatic N) is 1. The van der Waals surface area contributed by atoms with Crippen LogP contribution < -0.4 is 0 Å². The van der Waals surface area contributed by atoms with Gasteiger partial charge in [0.1, 0.15) is 0 Å². The molecule has 0 aromatic carbocycles.